The first-order valence-electron chi connectivity index (χ1n) is 5.82. The van der Waals surface area contributed by atoms with Crippen molar-refractivity contribution in [1.82, 2.24) is 4.90 Å². The molecular formula is C13H20N2O. The highest BCUT2D eigenvalue weighted by Gasteiger charge is 2.23. The lowest BCUT2D eigenvalue weighted by atomic mass is 10.1. The van der Waals surface area contributed by atoms with Crippen LogP contribution in [0.1, 0.15) is 24.4 Å². The summed E-state index contributed by atoms with van der Waals surface area (Å²) in [4.78, 5) is 2.10. The Labute approximate surface area is 97.2 Å². The van der Waals surface area contributed by atoms with Crippen LogP contribution >= 0.6 is 0 Å². The van der Waals surface area contributed by atoms with Crippen molar-refractivity contribution in [1.29, 1.82) is 0 Å². The van der Waals surface area contributed by atoms with E-state index in [0.29, 0.717) is 6.10 Å². The molecule has 1 unspecified atom stereocenters. The molecule has 0 saturated heterocycles. The largest absolute Gasteiger partial charge is 0.490 e. The zero-order chi connectivity index (χ0) is 11.5. The molecule has 1 fully saturated rings. The molecule has 1 aliphatic carbocycles. The van der Waals surface area contributed by atoms with Crippen LogP contribution in [0.4, 0.5) is 0 Å². The number of rotatable bonds is 5. The van der Waals surface area contributed by atoms with Gasteiger partial charge in [-0.25, -0.2) is 0 Å². The van der Waals surface area contributed by atoms with Gasteiger partial charge >= 0.3 is 0 Å². The Bertz CT molecular complexity index is 330. The molecule has 1 aromatic rings. The van der Waals surface area contributed by atoms with Gasteiger partial charge in [-0.05, 0) is 44.6 Å². The standard InChI is InChI=1S/C13H20N2O/c1-15(2)9-13(14)10-3-5-11(6-4-10)16-12-7-8-12/h3-6,12-13H,7-9,14H2,1-2H3. The molecule has 1 aromatic carbocycles. The van der Waals surface area contributed by atoms with Crippen molar-refractivity contribution in [2.75, 3.05) is 20.6 Å². The lowest BCUT2D eigenvalue weighted by Gasteiger charge is -2.17. The Hall–Kier alpha value is -1.06. The van der Waals surface area contributed by atoms with E-state index in [9.17, 15) is 0 Å². The molecule has 0 bridgehead atoms. The lowest BCUT2D eigenvalue weighted by Crippen LogP contribution is -2.25. The minimum atomic E-state index is 0.0741. The minimum absolute atomic E-state index is 0.0741. The molecular weight excluding hydrogens is 200 g/mol. The van der Waals surface area contributed by atoms with E-state index in [0.717, 1.165) is 17.9 Å². The molecule has 88 valence electrons. The molecule has 1 aliphatic rings. The maximum atomic E-state index is 6.08. The van der Waals surface area contributed by atoms with Crippen LogP contribution in [-0.2, 0) is 0 Å². The van der Waals surface area contributed by atoms with Gasteiger partial charge in [-0.15, -0.1) is 0 Å². The smallest absolute Gasteiger partial charge is 0.119 e. The van der Waals surface area contributed by atoms with E-state index in [4.69, 9.17) is 10.5 Å². The average Bonchev–Trinajstić information content (AvgIpc) is 3.01. The van der Waals surface area contributed by atoms with Gasteiger partial charge in [0, 0.05) is 12.6 Å². The Morgan fingerprint density at radius 1 is 1.31 bits per heavy atom. The second-order valence-corrected chi connectivity index (χ2v) is 4.75. The second kappa shape index (κ2) is 4.85. The summed E-state index contributed by atoms with van der Waals surface area (Å²) >= 11 is 0. The third-order valence-electron chi connectivity index (χ3n) is 2.70. The summed E-state index contributed by atoms with van der Waals surface area (Å²) in [6.07, 6.45) is 2.85. The number of likely N-dealkylation sites (N-methyl/N-ethyl adjacent to an activating group) is 1. The van der Waals surface area contributed by atoms with E-state index in [1.54, 1.807) is 0 Å². The molecule has 2 rings (SSSR count). The highest BCUT2D eigenvalue weighted by atomic mass is 16.5. The summed E-state index contributed by atoms with van der Waals surface area (Å²) in [7, 11) is 4.06. The Kier molecular flexibility index (Phi) is 3.46. The predicted octanol–water partition coefficient (Wildman–Crippen LogP) is 1.79. The normalized spacial score (nSPS) is 17.5. The third-order valence-corrected chi connectivity index (χ3v) is 2.70. The summed E-state index contributed by atoms with van der Waals surface area (Å²) in [6.45, 7) is 0.864. The molecule has 0 aliphatic heterocycles. The fraction of sp³-hybridized carbons (Fsp3) is 0.538. The zero-order valence-corrected chi connectivity index (χ0v) is 10.0. The molecule has 0 amide bonds. The molecule has 3 nitrogen and oxygen atoms in total. The summed E-state index contributed by atoms with van der Waals surface area (Å²) < 4.78 is 5.69. The van der Waals surface area contributed by atoms with E-state index in [-0.39, 0.29) is 6.04 Å². The molecule has 2 N–H and O–H groups in total. The summed E-state index contributed by atoms with van der Waals surface area (Å²) in [5, 5.41) is 0. The van der Waals surface area contributed by atoms with Crippen molar-refractivity contribution in [2.45, 2.75) is 25.0 Å². The molecule has 0 spiro atoms. The maximum absolute atomic E-state index is 6.08. The van der Waals surface area contributed by atoms with Crippen molar-refractivity contribution in [3.63, 3.8) is 0 Å². The minimum Gasteiger partial charge on any atom is -0.490 e. The van der Waals surface area contributed by atoms with Crippen LogP contribution in [0.2, 0.25) is 0 Å². The number of benzene rings is 1. The number of hydrogen-bond acceptors (Lipinski definition) is 3. The fourth-order valence-electron chi connectivity index (χ4n) is 1.67. The van der Waals surface area contributed by atoms with Crippen LogP contribution in [0, 0.1) is 0 Å². The molecule has 1 saturated carbocycles. The monoisotopic (exact) mass is 220 g/mol. The van der Waals surface area contributed by atoms with E-state index >= 15 is 0 Å². The highest BCUT2D eigenvalue weighted by Crippen LogP contribution is 2.27. The van der Waals surface area contributed by atoms with Gasteiger partial charge in [0.05, 0.1) is 6.10 Å². The average molecular weight is 220 g/mol. The van der Waals surface area contributed by atoms with E-state index in [1.807, 2.05) is 26.2 Å². The number of nitrogens with zero attached hydrogens (tertiary/aromatic N) is 1. The molecule has 3 heteroatoms. The molecule has 16 heavy (non-hydrogen) atoms. The highest BCUT2D eigenvalue weighted by molar-refractivity contribution is 5.29. The summed E-state index contributed by atoms with van der Waals surface area (Å²) in [5.41, 5.74) is 7.24. The SMILES string of the molecule is CN(C)CC(N)c1ccc(OC2CC2)cc1. The number of nitrogens with two attached hydrogens (primary N) is 1. The second-order valence-electron chi connectivity index (χ2n) is 4.75. The van der Waals surface area contributed by atoms with Crippen LogP contribution < -0.4 is 10.5 Å². The quantitative estimate of drug-likeness (QED) is 0.822. The van der Waals surface area contributed by atoms with Gasteiger partial charge in [0.1, 0.15) is 5.75 Å². The van der Waals surface area contributed by atoms with Gasteiger partial charge in [-0.1, -0.05) is 12.1 Å². The topological polar surface area (TPSA) is 38.5 Å². The Balaban J connectivity index is 1.94. The maximum Gasteiger partial charge on any atom is 0.119 e. The molecule has 1 atom stereocenters. The zero-order valence-electron chi connectivity index (χ0n) is 10.0. The van der Waals surface area contributed by atoms with E-state index in [2.05, 4.69) is 17.0 Å². The van der Waals surface area contributed by atoms with Gasteiger partial charge in [0.15, 0.2) is 0 Å². The number of ether oxygens (including phenoxy) is 1. The van der Waals surface area contributed by atoms with Crippen molar-refractivity contribution in [3.05, 3.63) is 29.8 Å². The molecule has 0 aromatic heterocycles. The first-order chi connectivity index (χ1) is 7.65. The first-order valence-corrected chi connectivity index (χ1v) is 5.82. The van der Waals surface area contributed by atoms with Crippen LogP contribution in [0.5, 0.6) is 5.75 Å². The van der Waals surface area contributed by atoms with Gasteiger partial charge in [-0.2, -0.15) is 0 Å². The van der Waals surface area contributed by atoms with Crippen molar-refractivity contribution < 1.29 is 4.74 Å². The summed E-state index contributed by atoms with van der Waals surface area (Å²) in [6, 6.07) is 8.23. The molecule has 0 heterocycles. The lowest BCUT2D eigenvalue weighted by molar-refractivity contribution is 0.303. The van der Waals surface area contributed by atoms with E-state index < -0.39 is 0 Å². The fourth-order valence-corrected chi connectivity index (χ4v) is 1.67. The first kappa shape index (κ1) is 11.4. The van der Waals surface area contributed by atoms with Gasteiger partial charge in [-0.3, -0.25) is 0 Å². The Morgan fingerprint density at radius 2 is 1.94 bits per heavy atom. The van der Waals surface area contributed by atoms with Crippen LogP contribution in [-0.4, -0.2) is 31.6 Å². The van der Waals surface area contributed by atoms with Gasteiger partial charge < -0.3 is 15.4 Å². The Morgan fingerprint density at radius 3 is 2.44 bits per heavy atom. The summed E-state index contributed by atoms with van der Waals surface area (Å²) in [5.74, 6) is 0.961. The van der Waals surface area contributed by atoms with Gasteiger partial charge in [0.25, 0.3) is 0 Å². The van der Waals surface area contributed by atoms with Crippen LogP contribution in [0.25, 0.3) is 0 Å². The number of hydrogen-bond donors (Lipinski definition) is 1. The van der Waals surface area contributed by atoms with Crippen LogP contribution in [0.15, 0.2) is 24.3 Å². The van der Waals surface area contributed by atoms with Crippen molar-refractivity contribution >= 4 is 0 Å². The third kappa shape index (κ3) is 3.22. The van der Waals surface area contributed by atoms with Crippen molar-refractivity contribution in [2.24, 2.45) is 5.73 Å². The van der Waals surface area contributed by atoms with E-state index in [1.165, 1.54) is 12.8 Å². The van der Waals surface area contributed by atoms with Gasteiger partial charge in [0.2, 0.25) is 0 Å². The molecule has 0 radical (unpaired) electrons. The van der Waals surface area contributed by atoms with Crippen molar-refractivity contribution in [3.8, 4) is 5.75 Å². The van der Waals surface area contributed by atoms with Crippen LogP contribution in [0.3, 0.4) is 0 Å². The predicted molar refractivity (Wildman–Crippen MR) is 65.6 cm³/mol.